The third-order valence-corrected chi connectivity index (χ3v) is 14.2. The molecule has 5 aromatic carbocycles. The Morgan fingerprint density at radius 2 is 0.520 bits per heavy atom. The zero-order chi connectivity index (χ0) is 54.2. The second kappa shape index (κ2) is 26.7. The van der Waals surface area contributed by atoms with E-state index < -0.39 is 0 Å². The Kier molecular flexibility index (Phi) is 20.0. The maximum absolute atomic E-state index is 2.22. The first-order valence-electron chi connectivity index (χ1n) is 26.1. The third kappa shape index (κ3) is 14.3. The van der Waals surface area contributed by atoms with E-state index in [4.69, 9.17) is 0 Å². The van der Waals surface area contributed by atoms with Crippen molar-refractivity contribution in [2.45, 2.75) is 69.2 Å². The topological polar surface area (TPSA) is 19.4 Å². The van der Waals surface area contributed by atoms with Crippen LogP contribution in [0, 0.1) is 69.2 Å². The highest BCUT2D eigenvalue weighted by Gasteiger charge is 2.17. The quantitative estimate of drug-likeness (QED) is 0.153. The molecule has 0 spiro atoms. The lowest BCUT2D eigenvalue weighted by Gasteiger charge is -2.07. The van der Waals surface area contributed by atoms with E-state index in [-0.39, 0.29) is 0 Å². The molecule has 10 aromatic rings. The molecule has 0 aliphatic carbocycles. The predicted octanol–water partition coefficient (Wildman–Crippen LogP) is 14.0. The van der Waals surface area contributed by atoms with Crippen molar-refractivity contribution < 1.29 is 22.8 Å². The van der Waals surface area contributed by atoms with Crippen LogP contribution in [0.1, 0.15) is 55.9 Å². The molecule has 0 saturated carbocycles. The van der Waals surface area contributed by atoms with Crippen LogP contribution in [0.5, 0.6) is 0 Å². The lowest BCUT2D eigenvalue weighted by atomic mass is 9.99. The van der Waals surface area contributed by atoms with Gasteiger partial charge in [-0.3, -0.25) is 0 Å². The number of hydrogen-bond acceptors (Lipinski definition) is 0. The maximum Gasteiger partial charge on any atom is 0.215 e. The summed E-state index contributed by atoms with van der Waals surface area (Å²) < 4.78 is 11.0. The van der Waals surface area contributed by atoms with Crippen LogP contribution in [0.25, 0.3) is 56.3 Å². The van der Waals surface area contributed by atoms with Crippen LogP contribution in [0.3, 0.4) is 0 Å². The van der Waals surface area contributed by atoms with Gasteiger partial charge in [-0.15, -0.1) is 0 Å². The smallest absolute Gasteiger partial charge is 0.201 e. The molecule has 0 aliphatic rings. The van der Waals surface area contributed by atoms with Crippen molar-refractivity contribution in [2.75, 3.05) is 0 Å². The molecular weight excluding hydrogens is 911 g/mol. The van der Waals surface area contributed by atoms with Gasteiger partial charge in [0.05, 0.1) is 5.56 Å². The van der Waals surface area contributed by atoms with E-state index in [1.54, 1.807) is 0 Å². The molecule has 10 rings (SSSR count). The predicted molar refractivity (Wildman–Crippen MR) is 313 cm³/mol. The van der Waals surface area contributed by atoms with E-state index in [2.05, 4.69) is 340 Å². The largest absolute Gasteiger partial charge is 0.215 e. The second-order valence-corrected chi connectivity index (χ2v) is 19.7. The normalized spacial score (nSPS) is 10.3. The van der Waals surface area contributed by atoms with E-state index >= 15 is 0 Å². The molecule has 5 heteroatoms. The molecule has 5 nitrogen and oxygen atoms in total. The highest BCUT2D eigenvalue weighted by atomic mass is 15.0. The Morgan fingerprint density at radius 1 is 0.227 bits per heavy atom. The number of pyridine rings is 5. The van der Waals surface area contributed by atoms with E-state index in [9.17, 15) is 0 Å². The summed E-state index contributed by atoms with van der Waals surface area (Å²) in [6, 6.07) is 68.0. The van der Waals surface area contributed by atoms with E-state index in [1.807, 2.05) is 0 Å². The number of hydrogen-bond donors (Lipinski definition) is 0. The molecule has 0 atom stereocenters. The first-order chi connectivity index (χ1) is 36.0. The van der Waals surface area contributed by atoms with Crippen molar-refractivity contribution in [2.24, 2.45) is 35.2 Å². The average molecular weight is 991 g/mol. The lowest BCUT2D eigenvalue weighted by molar-refractivity contribution is -0.666. The van der Waals surface area contributed by atoms with Crippen LogP contribution < -0.4 is 22.8 Å². The summed E-state index contributed by atoms with van der Waals surface area (Å²) >= 11 is 0. The monoisotopic (exact) mass is 991 g/mol. The van der Waals surface area contributed by atoms with Gasteiger partial charge in [0.25, 0.3) is 0 Å². The highest BCUT2D eigenvalue weighted by molar-refractivity contribution is 5.66. The Bertz CT molecular complexity index is 3140. The van der Waals surface area contributed by atoms with Crippen LogP contribution in [-0.2, 0) is 35.2 Å². The SMILES string of the molecule is Cc1cccc(C)c1-c1cccc[n+]1C.Cc1ccccc1-c1c(C)ccc[n+]1C.Cc1ccccc1-c1c(C)ccc[n+]1C.Cc1ccccc1-c1cccc(C)[n+]1C.Cc1ccccc1-c1cccc(C)[n+]1C. The van der Waals surface area contributed by atoms with Crippen LogP contribution in [0.2, 0.25) is 0 Å². The molecule has 5 heterocycles. The van der Waals surface area contributed by atoms with Crippen LogP contribution in [-0.4, -0.2) is 0 Å². The van der Waals surface area contributed by atoms with Crippen LogP contribution >= 0.6 is 0 Å². The minimum Gasteiger partial charge on any atom is -0.201 e. The summed E-state index contributed by atoms with van der Waals surface area (Å²) in [5.41, 5.74) is 26.1. The van der Waals surface area contributed by atoms with Gasteiger partial charge in [0.1, 0.15) is 35.2 Å². The molecule has 75 heavy (non-hydrogen) atoms. The Hall–Kier alpha value is -8.15. The summed E-state index contributed by atoms with van der Waals surface area (Å²) in [4.78, 5) is 0. The number of rotatable bonds is 5. The molecule has 0 N–H and O–H groups in total. The maximum atomic E-state index is 2.22. The first kappa shape index (κ1) is 56.2. The molecular formula is C70H80N5+5. The fourth-order valence-electron chi connectivity index (χ4n) is 9.63. The van der Waals surface area contributed by atoms with Gasteiger partial charge in [-0.25, -0.2) is 13.7 Å². The molecule has 0 saturated heterocycles. The van der Waals surface area contributed by atoms with Crippen molar-refractivity contribution in [1.82, 2.24) is 0 Å². The van der Waals surface area contributed by atoms with Gasteiger partial charge in [-0.2, -0.15) is 9.13 Å². The highest BCUT2D eigenvalue weighted by Crippen LogP contribution is 2.26. The number of aromatic nitrogens is 5. The molecule has 0 amide bonds. The molecule has 0 radical (unpaired) electrons. The minimum absolute atomic E-state index is 1.27. The van der Waals surface area contributed by atoms with Crippen LogP contribution in [0.4, 0.5) is 0 Å². The minimum atomic E-state index is 1.27. The summed E-state index contributed by atoms with van der Waals surface area (Å²) in [6.07, 6.45) is 6.27. The first-order valence-corrected chi connectivity index (χ1v) is 26.1. The van der Waals surface area contributed by atoms with Gasteiger partial charge in [0, 0.05) is 95.8 Å². The van der Waals surface area contributed by atoms with Crippen molar-refractivity contribution in [3.8, 4) is 56.3 Å². The number of benzene rings is 5. The molecule has 0 aliphatic heterocycles. The molecule has 0 unspecified atom stereocenters. The van der Waals surface area contributed by atoms with Gasteiger partial charge in [0.2, 0.25) is 28.5 Å². The summed E-state index contributed by atoms with van der Waals surface area (Å²) in [6.45, 7) is 21.5. The van der Waals surface area contributed by atoms with E-state index in [0.717, 1.165) is 0 Å². The van der Waals surface area contributed by atoms with Gasteiger partial charge >= 0.3 is 0 Å². The molecule has 0 fully saturated rings. The van der Waals surface area contributed by atoms with Crippen molar-refractivity contribution in [3.05, 3.63) is 269 Å². The Morgan fingerprint density at radius 3 is 0.880 bits per heavy atom. The van der Waals surface area contributed by atoms with Crippen molar-refractivity contribution in [3.63, 3.8) is 0 Å². The van der Waals surface area contributed by atoms with E-state index in [1.165, 1.54) is 112 Å². The molecule has 380 valence electrons. The number of nitrogens with zero attached hydrogens (tertiary/aromatic N) is 5. The standard InChI is InChI=1S/5C14H16N/c1-11-7-6-8-12(2)14(11)13-9-4-5-10-15(13)3;2*1-11-7-4-5-9-13(11)14-12(2)8-6-10-15(14)3;2*1-11-7-4-5-9-13(11)14-10-6-8-12(2)15(14)3/h5*4-10H,1-3H3/q5*+1. The lowest BCUT2D eigenvalue weighted by Crippen LogP contribution is -2.34. The van der Waals surface area contributed by atoms with E-state index in [0.29, 0.717) is 0 Å². The zero-order valence-corrected chi connectivity index (χ0v) is 47.4. The second-order valence-electron chi connectivity index (χ2n) is 19.7. The van der Waals surface area contributed by atoms with Gasteiger partial charge in [0.15, 0.2) is 30.0 Å². The Labute approximate surface area is 450 Å². The Balaban J connectivity index is 0.000000152. The fourth-order valence-corrected chi connectivity index (χ4v) is 9.63. The summed E-state index contributed by atoms with van der Waals surface area (Å²) in [7, 11) is 10.5. The fraction of sp³-hybridized carbons (Fsp3) is 0.214. The van der Waals surface area contributed by atoms with Gasteiger partial charge < -0.3 is 0 Å². The zero-order valence-electron chi connectivity index (χ0n) is 47.4. The van der Waals surface area contributed by atoms with Gasteiger partial charge in [-0.1, -0.05) is 91.0 Å². The summed E-state index contributed by atoms with van der Waals surface area (Å²) in [5.74, 6) is 0. The number of aryl methyl sites for hydroxylation is 13. The molecule has 0 bridgehead atoms. The van der Waals surface area contributed by atoms with Crippen molar-refractivity contribution >= 4 is 0 Å². The summed E-state index contributed by atoms with van der Waals surface area (Å²) in [5, 5.41) is 0. The van der Waals surface area contributed by atoms with Crippen molar-refractivity contribution in [1.29, 1.82) is 0 Å². The third-order valence-electron chi connectivity index (χ3n) is 14.2. The van der Waals surface area contributed by atoms with Crippen LogP contribution in [0.15, 0.2) is 213 Å². The average Bonchev–Trinajstić information content (AvgIpc) is 3.38. The molecule has 5 aromatic heterocycles. The van der Waals surface area contributed by atoms with Gasteiger partial charge in [-0.05, 0) is 143 Å².